The van der Waals surface area contributed by atoms with E-state index in [9.17, 15) is 0 Å². The first-order chi connectivity index (χ1) is 13.7. The molecule has 2 aliphatic rings. The van der Waals surface area contributed by atoms with Gasteiger partial charge in [-0.25, -0.2) is 0 Å². The number of hydrogen-bond acceptors (Lipinski definition) is 1. The van der Waals surface area contributed by atoms with Crippen LogP contribution >= 0.6 is 0 Å². The van der Waals surface area contributed by atoms with Crippen LogP contribution in [0.4, 0.5) is 0 Å². The molecule has 1 saturated carbocycles. The highest BCUT2D eigenvalue weighted by atomic mass is 16.5. The maximum absolute atomic E-state index is 5.42. The van der Waals surface area contributed by atoms with Crippen LogP contribution < -0.4 is 4.74 Å². The molecule has 2 aromatic rings. The Kier molecular flexibility index (Phi) is 5.71. The van der Waals surface area contributed by atoms with Crippen LogP contribution in [0.15, 0.2) is 72.8 Å². The lowest BCUT2D eigenvalue weighted by Crippen LogP contribution is -2.35. The van der Waals surface area contributed by atoms with Gasteiger partial charge in [0.15, 0.2) is 0 Å². The summed E-state index contributed by atoms with van der Waals surface area (Å²) in [6, 6.07) is 18.1. The molecule has 2 aliphatic carbocycles. The number of allylic oxidation sites excluding steroid dienone is 4. The zero-order valence-electron chi connectivity index (χ0n) is 17.2. The van der Waals surface area contributed by atoms with Crippen molar-refractivity contribution < 1.29 is 4.74 Å². The summed E-state index contributed by atoms with van der Waals surface area (Å²) < 4.78 is 5.42. The highest BCUT2D eigenvalue weighted by Crippen LogP contribution is 2.49. The Hall–Kier alpha value is -2.28. The van der Waals surface area contributed by atoms with Gasteiger partial charge in [0.25, 0.3) is 0 Å². The number of benzene rings is 2. The van der Waals surface area contributed by atoms with E-state index in [0.717, 1.165) is 11.7 Å². The van der Waals surface area contributed by atoms with Gasteiger partial charge in [-0.15, -0.1) is 0 Å². The number of aryl methyl sites for hydroxylation is 1. The van der Waals surface area contributed by atoms with Gasteiger partial charge in [-0.3, -0.25) is 0 Å². The van der Waals surface area contributed by atoms with Gasteiger partial charge in [-0.1, -0.05) is 79.1 Å². The van der Waals surface area contributed by atoms with Gasteiger partial charge in [0.1, 0.15) is 5.75 Å². The highest BCUT2D eigenvalue weighted by Gasteiger charge is 2.39. The van der Waals surface area contributed by atoms with Crippen LogP contribution in [0.5, 0.6) is 5.75 Å². The van der Waals surface area contributed by atoms with Gasteiger partial charge in [-0.05, 0) is 67.7 Å². The van der Waals surface area contributed by atoms with Crippen molar-refractivity contribution in [2.45, 2.75) is 50.9 Å². The summed E-state index contributed by atoms with van der Waals surface area (Å²) in [6.07, 6.45) is 16.8. The maximum atomic E-state index is 5.42. The van der Waals surface area contributed by atoms with E-state index in [1.165, 1.54) is 55.2 Å². The smallest absolute Gasteiger partial charge is 0.118 e. The van der Waals surface area contributed by atoms with Crippen LogP contribution in [0, 0.1) is 18.8 Å². The molecule has 0 saturated heterocycles. The lowest BCUT2D eigenvalue weighted by molar-refractivity contribution is 0.230. The molecular formula is C27H32O. The molecule has 0 bridgehead atoms. The monoisotopic (exact) mass is 372 g/mol. The van der Waals surface area contributed by atoms with E-state index in [0.29, 0.717) is 5.92 Å². The van der Waals surface area contributed by atoms with Crippen molar-refractivity contribution in [2.24, 2.45) is 11.8 Å². The second-order valence-electron chi connectivity index (χ2n) is 8.68. The topological polar surface area (TPSA) is 9.23 Å². The summed E-state index contributed by atoms with van der Waals surface area (Å²) in [7, 11) is 1.74. The first-order valence-corrected chi connectivity index (χ1v) is 10.7. The molecular weight excluding hydrogens is 340 g/mol. The second-order valence-corrected chi connectivity index (χ2v) is 8.68. The van der Waals surface area contributed by atoms with Crippen LogP contribution in [0.1, 0.15) is 55.2 Å². The fourth-order valence-corrected chi connectivity index (χ4v) is 5.30. The van der Waals surface area contributed by atoms with E-state index in [1.54, 1.807) is 7.11 Å². The van der Waals surface area contributed by atoms with Crippen molar-refractivity contribution in [2.75, 3.05) is 7.11 Å². The predicted octanol–water partition coefficient (Wildman–Crippen LogP) is 7.00. The number of rotatable bonds is 5. The van der Waals surface area contributed by atoms with Gasteiger partial charge in [0, 0.05) is 5.41 Å². The summed E-state index contributed by atoms with van der Waals surface area (Å²) in [5.41, 5.74) is 4.38. The van der Waals surface area contributed by atoms with Gasteiger partial charge in [-0.2, -0.15) is 0 Å². The van der Waals surface area contributed by atoms with Crippen molar-refractivity contribution >= 4 is 0 Å². The van der Waals surface area contributed by atoms with Crippen LogP contribution in [0.2, 0.25) is 0 Å². The van der Waals surface area contributed by atoms with Crippen LogP contribution in [0.3, 0.4) is 0 Å². The van der Waals surface area contributed by atoms with Crippen LogP contribution in [0.25, 0.3) is 0 Å². The van der Waals surface area contributed by atoms with Crippen molar-refractivity contribution in [3.8, 4) is 5.75 Å². The Morgan fingerprint density at radius 2 is 1.68 bits per heavy atom. The molecule has 4 rings (SSSR count). The lowest BCUT2D eigenvalue weighted by atomic mass is 9.61. The fraction of sp³-hybridized carbons (Fsp3) is 0.407. The SMILES string of the molecule is COc1ccc(C2(c3ccc(C)cc3)CCCC(CC3C=CC=CC3)C2)cc1. The fourth-order valence-electron chi connectivity index (χ4n) is 5.30. The molecule has 146 valence electrons. The molecule has 3 unspecified atom stereocenters. The summed E-state index contributed by atoms with van der Waals surface area (Å²) in [5.74, 6) is 2.42. The van der Waals surface area contributed by atoms with Gasteiger partial charge < -0.3 is 4.74 Å². The standard InChI is InChI=1S/C27H32O/c1-21-10-12-24(13-11-21)27(25-14-16-26(28-2)17-15-25)18-6-9-23(20-27)19-22-7-4-3-5-8-22/h3-5,7,10-17,22-23H,6,8-9,18-20H2,1-2H3. The molecule has 0 aromatic heterocycles. The van der Waals surface area contributed by atoms with E-state index in [1.807, 2.05) is 0 Å². The third-order valence-electron chi connectivity index (χ3n) is 6.81. The molecule has 0 aliphatic heterocycles. The number of ether oxygens (including phenoxy) is 1. The van der Waals surface area contributed by atoms with E-state index in [4.69, 9.17) is 4.74 Å². The molecule has 28 heavy (non-hydrogen) atoms. The molecule has 3 atom stereocenters. The first-order valence-electron chi connectivity index (χ1n) is 10.7. The third-order valence-corrected chi connectivity index (χ3v) is 6.81. The molecule has 1 nitrogen and oxygen atoms in total. The minimum absolute atomic E-state index is 0.122. The normalized spacial score (nSPS) is 26.9. The van der Waals surface area contributed by atoms with Gasteiger partial charge in [0.05, 0.1) is 7.11 Å². The van der Waals surface area contributed by atoms with Crippen molar-refractivity contribution in [1.29, 1.82) is 0 Å². The van der Waals surface area contributed by atoms with E-state index in [2.05, 4.69) is 79.8 Å². The average Bonchev–Trinajstić information content (AvgIpc) is 2.75. The first kappa shape index (κ1) is 19.1. The van der Waals surface area contributed by atoms with E-state index in [-0.39, 0.29) is 5.41 Å². The molecule has 1 heteroatoms. The van der Waals surface area contributed by atoms with Crippen molar-refractivity contribution in [1.82, 2.24) is 0 Å². The van der Waals surface area contributed by atoms with Crippen molar-refractivity contribution in [3.63, 3.8) is 0 Å². The molecule has 1 fully saturated rings. The van der Waals surface area contributed by atoms with Crippen LogP contribution in [-0.2, 0) is 5.41 Å². The Bertz CT molecular complexity index is 828. The average molecular weight is 373 g/mol. The Morgan fingerprint density at radius 1 is 0.964 bits per heavy atom. The lowest BCUT2D eigenvalue weighted by Gasteiger charge is -2.43. The third kappa shape index (κ3) is 3.94. The minimum Gasteiger partial charge on any atom is -0.497 e. The van der Waals surface area contributed by atoms with Crippen LogP contribution in [-0.4, -0.2) is 7.11 Å². The predicted molar refractivity (Wildman–Crippen MR) is 118 cm³/mol. The van der Waals surface area contributed by atoms with Gasteiger partial charge in [0.2, 0.25) is 0 Å². The molecule has 0 radical (unpaired) electrons. The summed E-state index contributed by atoms with van der Waals surface area (Å²) in [6.45, 7) is 2.18. The largest absolute Gasteiger partial charge is 0.497 e. The molecule has 0 N–H and O–H groups in total. The Labute approximate surface area is 170 Å². The molecule has 0 spiro atoms. The Morgan fingerprint density at radius 3 is 2.32 bits per heavy atom. The van der Waals surface area contributed by atoms with E-state index >= 15 is 0 Å². The summed E-state index contributed by atoms with van der Waals surface area (Å²) in [5, 5.41) is 0. The zero-order chi connectivity index (χ0) is 19.4. The molecule has 0 heterocycles. The number of hydrogen-bond donors (Lipinski definition) is 0. The van der Waals surface area contributed by atoms with Gasteiger partial charge >= 0.3 is 0 Å². The maximum Gasteiger partial charge on any atom is 0.118 e. The van der Waals surface area contributed by atoms with E-state index < -0.39 is 0 Å². The minimum atomic E-state index is 0.122. The van der Waals surface area contributed by atoms with Crippen molar-refractivity contribution in [3.05, 3.63) is 89.5 Å². The zero-order valence-corrected chi connectivity index (χ0v) is 17.2. The second kappa shape index (κ2) is 8.39. The molecule has 2 aromatic carbocycles. The Balaban J connectivity index is 1.66. The number of methoxy groups -OCH3 is 1. The molecule has 0 amide bonds. The summed E-state index contributed by atoms with van der Waals surface area (Å²) >= 11 is 0. The summed E-state index contributed by atoms with van der Waals surface area (Å²) in [4.78, 5) is 0. The highest BCUT2D eigenvalue weighted by molar-refractivity contribution is 5.43. The quantitative estimate of drug-likeness (QED) is 0.549.